The Morgan fingerprint density at radius 2 is 1.26 bits per heavy atom. The fourth-order valence-corrected chi connectivity index (χ4v) is 6.40. The summed E-state index contributed by atoms with van der Waals surface area (Å²) in [6.45, 7) is 10.8. The van der Waals surface area contributed by atoms with Gasteiger partial charge in [0, 0.05) is 44.1 Å². The van der Waals surface area contributed by atoms with Crippen molar-refractivity contribution in [2.45, 2.75) is 34.6 Å². The number of benzene rings is 5. The van der Waals surface area contributed by atoms with Crippen molar-refractivity contribution in [3.63, 3.8) is 0 Å². The van der Waals surface area contributed by atoms with Crippen LogP contribution in [0.4, 0.5) is 0 Å². The molecule has 0 N–H and O–H groups in total. The fourth-order valence-electron chi connectivity index (χ4n) is 6.40. The van der Waals surface area contributed by atoms with E-state index in [1.165, 1.54) is 66.2 Å². The molecule has 50 heavy (non-hydrogen) atoms. The Kier molecular flexibility index (Phi) is 10.4. The van der Waals surface area contributed by atoms with Gasteiger partial charge in [0.25, 0.3) is 0 Å². The normalized spacial score (nSPS) is 10.7. The van der Waals surface area contributed by atoms with Crippen molar-refractivity contribution in [1.29, 1.82) is 0 Å². The summed E-state index contributed by atoms with van der Waals surface area (Å²) in [7, 11) is 0. The molecule has 0 aliphatic heterocycles. The molecule has 0 saturated carbocycles. The van der Waals surface area contributed by atoms with Crippen molar-refractivity contribution >= 4 is 21.7 Å². The maximum Gasteiger partial charge on any atom is 0.0714 e. The second kappa shape index (κ2) is 15.1. The van der Waals surface area contributed by atoms with Gasteiger partial charge in [-0.2, -0.15) is 0 Å². The Balaban J connectivity index is 0.000000281. The molecule has 0 saturated heterocycles. The standard InChI is InChI=1S/C35H29N2.C11H8N.Ir/c1-21-11-12-28-29-10-7-13-36-35(29)19-33(32(28)14-21)31-18-30(23(3)15-24(31)4)26-8-6-9-27(17-26)34-16-22(2)25(5)20-37-34;1-2-6-10(7-3-1)11-8-4-5-9-12-11;/h6-8,10-20H,1-5H3;1-6,8-9H;/q2*-1;. The van der Waals surface area contributed by atoms with Crippen LogP contribution >= 0.6 is 0 Å². The van der Waals surface area contributed by atoms with E-state index < -0.39 is 0 Å². The maximum atomic E-state index is 4.72. The van der Waals surface area contributed by atoms with Crippen LogP contribution in [0.2, 0.25) is 0 Å². The van der Waals surface area contributed by atoms with Crippen molar-refractivity contribution in [2.24, 2.45) is 0 Å². The van der Waals surface area contributed by atoms with Crippen LogP contribution in [0.15, 0.2) is 134 Å². The van der Waals surface area contributed by atoms with Gasteiger partial charge in [0.15, 0.2) is 0 Å². The summed E-state index contributed by atoms with van der Waals surface area (Å²) >= 11 is 0. The minimum atomic E-state index is 0. The molecule has 0 unspecified atom stereocenters. The summed E-state index contributed by atoms with van der Waals surface area (Å²) in [5.41, 5.74) is 16.1. The first kappa shape index (κ1) is 34.6. The molecule has 4 heteroatoms. The average molecular weight is 824 g/mol. The van der Waals surface area contributed by atoms with Crippen molar-refractivity contribution in [3.8, 4) is 44.8 Å². The molecule has 3 nitrogen and oxygen atoms in total. The molecule has 0 amide bonds. The van der Waals surface area contributed by atoms with Gasteiger partial charge in [-0.25, -0.2) is 0 Å². The minimum absolute atomic E-state index is 0. The first-order valence-corrected chi connectivity index (χ1v) is 16.6. The predicted octanol–water partition coefficient (Wildman–Crippen LogP) is 11.7. The molecule has 8 aromatic rings. The van der Waals surface area contributed by atoms with E-state index in [1.54, 1.807) is 6.20 Å². The summed E-state index contributed by atoms with van der Waals surface area (Å²) in [6, 6.07) is 46.6. The molecular formula is C46H37IrN3-2. The molecular weight excluding hydrogens is 787 g/mol. The van der Waals surface area contributed by atoms with Gasteiger partial charge in [-0.15, -0.1) is 71.3 Å². The molecule has 0 aliphatic carbocycles. The van der Waals surface area contributed by atoms with E-state index in [4.69, 9.17) is 4.98 Å². The second-order valence-corrected chi connectivity index (χ2v) is 12.7. The number of rotatable bonds is 4. The van der Waals surface area contributed by atoms with Crippen LogP contribution < -0.4 is 0 Å². The SMILES string of the molecule is Cc1ccc2c(c1)c(-c1cc(-c3cc[c-]c(-c4cc(C)c(C)cn4)c3)c(C)cc1C)cc1ncccc12.[Ir].[c-]1ccccc1-c1ccccn1. The van der Waals surface area contributed by atoms with Crippen LogP contribution in [0.5, 0.6) is 0 Å². The maximum absolute atomic E-state index is 4.72. The molecule has 0 bridgehead atoms. The molecule has 0 spiro atoms. The van der Waals surface area contributed by atoms with Gasteiger partial charge < -0.3 is 9.97 Å². The van der Waals surface area contributed by atoms with Crippen LogP contribution in [0.1, 0.15) is 27.8 Å². The van der Waals surface area contributed by atoms with Gasteiger partial charge >= 0.3 is 0 Å². The molecule has 3 aromatic heterocycles. The Hall–Kier alpha value is -5.28. The third-order valence-corrected chi connectivity index (χ3v) is 9.15. The molecule has 0 atom stereocenters. The Labute approximate surface area is 308 Å². The van der Waals surface area contributed by atoms with Gasteiger partial charge in [0.1, 0.15) is 0 Å². The number of pyridine rings is 3. The Bertz CT molecular complexity index is 2400. The smallest absolute Gasteiger partial charge is 0.0714 e. The van der Waals surface area contributed by atoms with Crippen molar-refractivity contribution in [1.82, 2.24) is 15.0 Å². The van der Waals surface area contributed by atoms with E-state index in [-0.39, 0.29) is 20.1 Å². The zero-order valence-corrected chi connectivity index (χ0v) is 31.3. The monoisotopic (exact) mass is 824 g/mol. The van der Waals surface area contributed by atoms with Crippen molar-refractivity contribution < 1.29 is 20.1 Å². The van der Waals surface area contributed by atoms with E-state index in [0.717, 1.165) is 28.0 Å². The van der Waals surface area contributed by atoms with E-state index >= 15 is 0 Å². The van der Waals surface area contributed by atoms with Gasteiger partial charge in [-0.3, -0.25) is 4.98 Å². The van der Waals surface area contributed by atoms with Crippen molar-refractivity contribution in [2.75, 3.05) is 0 Å². The van der Waals surface area contributed by atoms with E-state index in [1.807, 2.05) is 67.0 Å². The second-order valence-electron chi connectivity index (χ2n) is 12.7. The zero-order valence-electron chi connectivity index (χ0n) is 28.9. The van der Waals surface area contributed by atoms with Gasteiger partial charge in [0.05, 0.1) is 5.52 Å². The molecule has 1 radical (unpaired) electrons. The largest absolute Gasteiger partial charge is 0.305 e. The number of fused-ring (bicyclic) bond motifs is 3. The molecule has 247 valence electrons. The van der Waals surface area contributed by atoms with Gasteiger partial charge in [0.2, 0.25) is 0 Å². The van der Waals surface area contributed by atoms with Gasteiger partial charge in [-0.1, -0.05) is 59.7 Å². The minimum Gasteiger partial charge on any atom is -0.305 e. The summed E-state index contributed by atoms with van der Waals surface area (Å²) in [5.74, 6) is 0. The van der Waals surface area contributed by atoms with Crippen LogP contribution in [0.3, 0.4) is 0 Å². The molecule has 3 heterocycles. The van der Waals surface area contributed by atoms with Gasteiger partial charge in [-0.05, 0) is 114 Å². The van der Waals surface area contributed by atoms with E-state index in [0.29, 0.717) is 0 Å². The third-order valence-electron chi connectivity index (χ3n) is 9.15. The molecule has 0 aliphatic rings. The molecule has 8 rings (SSSR count). The first-order valence-electron chi connectivity index (χ1n) is 16.6. The third kappa shape index (κ3) is 7.19. The molecule has 5 aromatic carbocycles. The summed E-state index contributed by atoms with van der Waals surface area (Å²) in [5, 5.41) is 3.69. The number of hydrogen-bond acceptors (Lipinski definition) is 3. The summed E-state index contributed by atoms with van der Waals surface area (Å²) in [4.78, 5) is 13.6. The summed E-state index contributed by atoms with van der Waals surface area (Å²) < 4.78 is 0. The average Bonchev–Trinajstić information content (AvgIpc) is 3.13. The number of nitrogens with zero attached hydrogens (tertiary/aromatic N) is 3. The van der Waals surface area contributed by atoms with E-state index in [2.05, 4.69) is 117 Å². The molecule has 0 fully saturated rings. The number of hydrogen-bond donors (Lipinski definition) is 0. The Morgan fingerprint density at radius 3 is 2.04 bits per heavy atom. The zero-order chi connectivity index (χ0) is 33.9. The Morgan fingerprint density at radius 1 is 0.460 bits per heavy atom. The predicted molar refractivity (Wildman–Crippen MR) is 204 cm³/mol. The van der Waals surface area contributed by atoms with Crippen LogP contribution in [0.25, 0.3) is 66.4 Å². The van der Waals surface area contributed by atoms with Crippen LogP contribution in [0, 0.1) is 46.8 Å². The topological polar surface area (TPSA) is 38.7 Å². The quantitative estimate of drug-likeness (QED) is 0.131. The van der Waals surface area contributed by atoms with Crippen molar-refractivity contribution in [3.05, 3.63) is 174 Å². The fraction of sp³-hybridized carbons (Fsp3) is 0.109. The number of aromatic nitrogens is 3. The van der Waals surface area contributed by atoms with Crippen LogP contribution in [-0.2, 0) is 20.1 Å². The number of aryl methyl sites for hydroxylation is 5. The van der Waals surface area contributed by atoms with Crippen LogP contribution in [-0.4, -0.2) is 15.0 Å². The van der Waals surface area contributed by atoms with E-state index in [9.17, 15) is 0 Å². The first-order chi connectivity index (χ1) is 23.9. The summed E-state index contributed by atoms with van der Waals surface area (Å²) in [6.07, 6.45) is 5.61.